The van der Waals surface area contributed by atoms with Crippen LogP contribution in [0.15, 0.2) is 29.2 Å². The number of rotatable bonds is 3. The van der Waals surface area contributed by atoms with Gasteiger partial charge in [-0.05, 0) is 43.2 Å². The Kier molecular flexibility index (Phi) is 4.80. The van der Waals surface area contributed by atoms with Gasteiger partial charge < -0.3 is 5.32 Å². The summed E-state index contributed by atoms with van der Waals surface area (Å²) >= 11 is 8.04. The second-order valence-electron chi connectivity index (χ2n) is 7.44. The van der Waals surface area contributed by atoms with Crippen LogP contribution in [0.1, 0.15) is 38.2 Å². The third kappa shape index (κ3) is 3.09. The Hall–Kier alpha value is -1.79. The standard InChI is InChI=1S/C20H22ClN3O2S/c1-12-5-3-4-8-20(12)18(25)24(19(26)23-20)11-14-9-13-6-7-15(27-2)10-16(13)22-17(14)21/h6-7,9-10,12H,3-5,8,11H2,1-2H3,(H,23,26)/t12-,20+/m0/s1. The van der Waals surface area contributed by atoms with E-state index in [0.717, 1.165) is 35.1 Å². The zero-order valence-electron chi connectivity index (χ0n) is 15.4. The van der Waals surface area contributed by atoms with Gasteiger partial charge >= 0.3 is 6.03 Å². The van der Waals surface area contributed by atoms with Gasteiger partial charge in [-0.3, -0.25) is 9.69 Å². The highest BCUT2D eigenvalue weighted by Gasteiger charge is 2.54. The first-order chi connectivity index (χ1) is 12.9. The summed E-state index contributed by atoms with van der Waals surface area (Å²) < 4.78 is 0. The van der Waals surface area contributed by atoms with Crippen molar-refractivity contribution in [1.82, 2.24) is 15.2 Å². The minimum atomic E-state index is -0.751. The lowest BCUT2D eigenvalue weighted by atomic mass is 9.73. The minimum Gasteiger partial charge on any atom is -0.323 e. The molecule has 2 heterocycles. The van der Waals surface area contributed by atoms with Crippen molar-refractivity contribution in [2.24, 2.45) is 5.92 Å². The van der Waals surface area contributed by atoms with Crippen molar-refractivity contribution in [3.63, 3.8) is 0 Å². The number of thioether (sulfide) groups is 1. The molecule has 5 nitrogen and oxygen atoms in total. The number of carbonyl (C=O) groups is 2. The number of benzene rings is 1. The Bertz CT molecular complexity index is 935. The van der Waals surface area contributed by atoms with Crippen LogP contribution < -0.4 is 5.32 Å². The van der Waals surface area contributed by atoms with E-state index < -0.39 is 5.54 Å². The largest absolute Gasteiger partial charge is 0.325 e. The molecule has 27 heavy (non-hydrogen) atoms. The van der Waals surface area contributed by atoms with Gasteiger partial charge in [-0.15, -0.1) is 11.8 Å². The molecule has 2 atom stereocenters. The smallest absolute Gasteiger partial charge is 0.323 e. The van der Waals surface area contributed by atoms with Crippen LogP contribution in [-0.2, 0) is 11.3 Å². The number of nitrogens with one attached hydrogen (secondary N) is 1. The number of nitrogens with zero attached hydrogens (tertiary/aromatic N) is 2. The maximum Gasteiger partial charge on any atom is 0.325 e. The fourth-order valence-electron chi connectivity index (χ4n) is 4.21. The molecule has 3 amide bonds. The number of amides is 3. The lowest BCUT2D eigenvalue weighted by Crippen LogP contribution is -2.53. The number of halogens is 1. The molecule has 2 aliphatic rings. The maximum atomic E-state index is 13.1. The first-order valence-corrected chi connectivity index (χ1v) is 10.8. The number of carbonyl (C=O) groups excluding carboxylic acids is 2. The molecular formula is C20H22ClN3O2S. The molecule has 7 heteroatoms. The van der Waals surface area contributed by atoms with Crippen molar-refractivity contribution in [3.05, 3.63) is 35.0 Å². The fourth-order valence-corrected chi connectivity index (χ4v) is 4.85. The molecule has 1 aromatic carbocycles. The van der Waals surface area contributed by atoms with E-state index in [1.54, 1.807) is 11.8 Å². The number of aromatic nitrogens is 1. The van der Waals surface area contributed by atoms with E-state index in [9.17, 15) is 9.59 Å². The van der Waals surface area contributed by atoms with Crippen molar-refractivity contribution in [1.29, 1.82) is 0 Å². The Morgan fingerprint density at radius 1 is 1.33 bits per heavy atom. The first kappa shape index (κ1) is 18.6. The van der Waals surface area contributed by atoms with Crippen LogP contribution in [-0.4, -0.2) is 33.6 Å². The van der Waals surface area contributed by atoms with Gasteiger partial charge in [0.2, 0.25) is 0 Å². The second-order valence-corrected chi connectivity index (χ2v) is 8.67. The van der Waals surface area contributed by atoms with Gasteiger partial charge in [0.05, 0.1) is 12.1 Å². The zero-order chi connectivity index (χ0) is 19.2. The molecule has 1 spiro atoms. The van der Waals surface area contributed by atoms with Crippen LogP contribution in [0.25, 0.3) is 10.9 Å². The summed E-state index contributed by atoms with van der Waals surface area (Å²) in [7, 11) is 0. The van der Waals surface area contributed by atoms with E-state index >= 15 is 0 Å². The molecule has 1 aliphatic heterocycles. The molecule has 142 valence electrons. The molecule has 1 aliphatic carbocycles. The number of urea groups is 1. The van der Waals surface area contributed by atoms with Gasteiger partial charge in [0.15, 0.2) is 0 Å². The third-order valence-corrected chi connectivity index (χ3v) is 6.93. The van der Waals surface area contributed by atoms with Gasteiger partial charge in [-0.1, -0.05) is 37.4 Å². The summed E-state index contributed by atoms with van der Waals surface area (Å²) in [5.74, 6) is 0.0106. The predicted octanol–water partition coefficient (Wildman–Crippen LogP) is 4.61. The molecule has 0 unspecified atom stereocenters. The minimum absolute atomic E-state index is 0.131. The van der Waals surface area contributed by atoms with Crippen molar-refractivity contribution < 1.29 is 9.59 Å². The summed E-state index contributed by atoms with van der Waals surface area (Å²) in [4.78, 5) is 32.6. The Morgan fingerprint density at radius 2 is 2.15 bits per heavy atom. The molecule has 1 aromatic heterocycles. The highest BCUT2D eigenvalue weighted by Crippen LogP contribution is 2.39. The number of pyridine rings is 1. The molecule has 4 rings (SSSR count). The molecule has 2 fully saturated rings. The Balaban J connectivity index is 1.64. The van der Waals surface area contributed by atoms with Crippen LogP contribution in [0.3, 0.4) is 0 Å². The Morgan fingerprint density at radius 3 is 2.89 bits per heavy atom. The van der Waals surface area contributed by atoms with Crippen molar-refractivity contribution in [2.75, 3.05) is 6.26 Å². The lowest BCUT2D eigenvalue weighted by Gasteiger charge is -2.36. The van der Waals surface area contributed by atoms with Crippen LogP contribution in [0.2, 0.25) is 5.15 Å². The monoisotopic (exact) mass is 403 g/mol. The van der Waals surface area contributed by atoms with Crippen LogP contribution in [0.4, 0.5) is 4.79 Å². The van der Waals surface area contributed by atoms with E-state index in [1.165, 1.54) is 4.90 Å². The summed E-state index contributed by atoms with van der Waals surface area (Å²) in [5, 5.41) is 4.26. The molecular weight excluding hydrogens is 382 g/mol. The highest BCUT2D eigenvalue weighted by molar-refractivity contribution is 7.98. The van der Waals surface area contributed by atoms with E-state index in [2.05, 4.69) is 17.2 Å². The van der Waals surface area contributed by atoms with E-state index in [4.69, 9.17) is 11.6 Å². The molecule has 0 bridgehead atoms. The molecule has 1 saturated carbocycles. The van der Waals surface area contributed by atoms with Crippen LogP contribution >= 0.6 is 23.4 Å². The van der Waals surface area contributed by atoms with Gasteiger partial charge in [0.25, 0.3) is 5.91 Å². The molecule has 0 radical (unpaired) electrons. The van der Waals surface area contributed by atoms with Crippen molar-refractivity contribution in [2.45, 2.75) is 49.6 Å². The van der Waals surface area contributed by atoms with Crippen LogP contribution in [0, 0.1) is 5.92 Å². The lowest BCUT2D eigenvalue weighted by molar-refractivity contribution is -0.134. The number of imide groups is 1. The molecule has 1 saturated heterocycles. The summed E-state index contributed by atoms with van der Waals surface area (Å²) in [5.41, 5.74) is 0.745. The van der Waals surface area contributed by atoms with Gasteiger partial charge in [0.1, 0.15) is 10.7 Å². The topological polar surface area (TPSA) is 62.3 Å². The summed E-state index contributed by atoms with van der Waals surface area (Å²) in [6.07, 6.45) is 5.73. The maximum absolute atomic E-state index is 13.1. The SMILES string of the molecule is CSc1ccc2cc(CN3C(=O)N[C@@]4(CCCC[C@@H]4C)C3=O)c(Cl)nc2c1. The number of hydrogen-bond donors (Lipinski definition) is 1. The second kappa shape index (κ2) is 6.99. The fraction of sp³-hybridized carbons (Fsp3) is 0.450. The van der Waals surface area contributed by atoms with Crippen LogP contribution in [0.5, 0.6) is 0 Å². The number of fused-ring (bicyclic) bond motifs is 1. The van der Waals surface area contributed by atoms with E-state index in [1.807, 2.05) is 30.5 Å². The van der Waals surface area contributed by atoms with E-state index in [-0.39, 0.29) is 24.4 Å². The average molecular weight is 404 g/mol. The van der Waals surface area contributed by atoms with Crippen molar-refractivity contribution >= 4 is 46.2 Å². The van der Waals surface area contributed by atoms with Gasteiger partial charge in [0, 0.05) is 15.8 Å². The van der Waals surface area contributed by atoms with Crippen molar-refractivity contribution in [3.8, 4) is 0 Å². The third-order valence-electron chi connectivity index (χ3n) is 5.88. The van der Waals surface area contributed by atoms with Gasteiger partial charge in [-0.2, -0.15) is 0 Å². The normalized spacial score (nSPS) is 25.4. The predicted molar refractivity (Wildman–Crippen MR) is 108 cm³/mol. The van der Waals surface area contributed by atoms with Gasteiger partial charge in [-0.25, -0.2) is 9.78 Å². The summed E-state index contributed by atoms with van der Waals surface area (Å²) in [6, 6.07) is 7.60. The average Bonchev–Trinajstić information content (AvgIpc) is 2.89. The summed E-state index contributed by atoms with van der Waals surface area (Å²) in [6.45, 7) is 2.19. The zero-order valence-corrected chi connectivity index (χ0v) is 17.0. The quantitative estimate of drug-likeness (QED) is 0.461. The van der Waals surface area contributed by atoms with E-state index in [0.29, 0.717) is 17.1 Å². The highest BCUT2D eigenvalue weighted by atomic mass is 35.5. The first-order valence-electron chi connectivity index (χ1n) is 9.22. The Labute approximate surface area is 167 Å². The molecule has 2 aromatic rings. The number of hydrogen-bond acceptors (Lipinski definition) is 4. The molecule has 1 N–H and O–H groups in total.